The minimum atomic E-state index is -0.300. The van der Waals surface area contributed by atoms with E-state index in [2.05, 4.69) is 19.9 Å². The fourth-order valence-electron chi connectivity index (χ4n) is 2.69. The van der Waals surface area contributed by atoms with E-state index in [0.29, 0.717) is 26.0 Å². The van der Waals surface area contributed by atoms with Crippen molar-refractivity contribution >= 4 is 11.7 Å². The van der Waals surface area contributed by atoms with Gasteiger partial charge in [0.2, 0.25) is 5.91 Å². The molecule has 7 heteroatoms. The first-order chi connectivity index (χ1) is 11.6. The fourth-order valence-corrected chi connectivity index (χ4v) is 2.69. The minimum Gasteiger partial charge on any atom is -0.370 e. The molecule has 0 unspecified atom stereocenters. The largest absolute Gasteiger partial charge is 0.370 e. The molecule has 2 N–H and O–H groups in total. The number of hydrogen-bond acceptors (Lipinski definition) is 6. The van der Waals surface area contributed by atoms with Crippen LogP contribution in [0.4, 0.5) is 5.82 Å². The third-order valence-corrected chi connectivity index (χ3v) is 4.02. The van der Waals surface area contributed by atoms with Crippen molar-refractivity contribution in [3.05, 3.63) is 47.7 Å². The second-order valence-corrected chi connectivity index (χ2v) is 5.88. The predicted octanol–water partition coefficient (Wildman–Crippen LogP) is 1.18. The highest BCUT2D eigenvalue weighted by molar-refractivity contribution is 5.73. The summed E-state index contributed by atoms with van der Waals surface area (Å²) in [6.07, 6.45) is 4.22. The van der Waals surface area contributed by atoms with E-state index < -0.39 is 0 Å². The number of aryl methyl sites for hydroxylation is 2. The Bertz CT molecular complexity index is 704. The number of nitrogens with zero attached hydrogens (tertiary/aromatic N) is 4. The first-order valence-corrected chi connectivity index (χ1v) is 8.00. The van der Waals surface area contributed by atoms with Gasteiger partial charge in [-0.3, -0.25) is 9.78 Å². The van der Waals surface area contributed by atoms with Crippen molar-refractivity contribution in [3.63, 3.8) is 0 Å². The van der Waals surface area contributed by atoms with Crippen LogP contribution in [0.3, 0.4) is 0 Å². The molecule has 1 fully saturated rings. The van der Waals surface area contributed by atoms with Crippen LogP contribution in [0.15, 0.2) is 30.7 Å². The molecule has 126 valence electrons. The van der Waals surface area contributed by atoms with Crippen molar-refractivity contribution in [2.45, 2.75) is 25.9 Å². The molecule has 0 radical (unpaired) electrons. The Labute approximate surface area is 140 Å². The van der Waals surface area contributed by atoms with Gasteiger partial charge in [0, 0.05) is 30.9 Å². The maximum Gasteiger partial charge on any atom is 0.217 e. The zero-order valence-electron chi connectivity index (χ0n) is 13.7. The lowest BCUT2D eigenvalue weighted by atomic mass is 10.1. The van der Waals surface area contributed by atoms with E-state index in [1.165, 1.54) is 0 Å². The number of pyridine rings is 1. The molecule has 0 saturated carbocycles. The number of primary amides is 1. The van der Waals surface area contributed by atoms with E-state index in [-0.39, 0.29) is 12.0 Å². The molecular weight excluding hydrogens is 306 g/mol. The Morgan fingerprint density at radius 1 is 1.38 bits per heavy atom. The predicted molar refractivity (Wildman–Crippen MR) is 89.4 cm³/mol. The summed E-state index contributed by atoms with van der Waals surface area (Å²) in [6, 6.07) is 5.90. The molecule has 1 aliphatic rings. The van der Waals surface area contributed by atoms with Gasteiger partial charge in [-0.15, -0.1) is 0 Å². The van der Waals surface area contributed by atoms with E-state index in [0.717, 1.165) is 29.3 Å². The van der Waals surface area contributed by atoms with Crippen molar-refractivity contribution in [2.75, 3.05) is 24.6 Å². The standard InChI is InChI=1S/C17H21N5O2/c1-12-8-17(21-11-20-12)22-6-7-24-15(10-22)14-4-2-13(9-19-14)3-5-16(18)23/h2,4,8-9,11,15H,3,5-7,10H2,1H3,(H2,18,23)/t15-/m0/s1. The topological polar surface area (TPSA) is 94.2 Å². The van der Waals surface area contributed by atoms with Crippen LogP contribution in [0.2, 0.25) is 0 Å². The van der Waals surface area contributed by atoms with Crippen molar-refractivity contribution in [3.8, 4) is 0 Å². The average molecular weight is 327 g/mol. The lowest BCUT2D eigenvalue weighted by molar-refractivity contribution is -0.117. The van der Waals surface area contributed by atoms with E-state index >= 15 is 0 Å². The van der Waals surface area contributed by atoms with E-state index in [9.17, 15) is 4.79 Å². The summed E-state index contributed by atoms with van der Waals surface area (Å²) < 4.78 is 5.86. The van der Waals surface area contributed by atoms with Gasteiger partial charge in [0.15, 0.2) is 0 Å². The Morgan fingerprint density at radius 3 is 2.96 bits per heavy atom. The summed E-state index contributed by atoms with van der Waals surface area (Å²) in [6.45, 7) is 4.07. The summed E-state index contributed by atoms with van der Waals surface area (Å²) in [5.41, 5.74) is 8.00. The van der Waals surface area contributed by atoms with Crippen LogP contribution in [-0.4, -0.2) is 40.6 Å². The number of amides is 1. The number of ether oxygens (including phenoxy) is 1. The first-order valence-electron chi connectivity index (χ1n) is 8.00. The van der Waals surface area contributed by atoms with Gasteiger partial charge < -0.3 is 15.4 Å². The van der Waals surface area contributed by atoms with Gasteiger partial charge in [-0.05, 0) is 25.0 Å². The van der Waals surface area contributed by atoms with Crippen LogP contribution in [0.1, 0.15) is 29.5 Å². The van der Waals surface area contributed by atoms with Gasteiger partial charge in [-0.1, -0.05) is 6.07 Å². The van der Waals surface area contributed by atoms with Crippen molar-refractivity contribution in [1.82, 2.24) is 15.0 Å². The van der Waals surface area contributed by atoms with Crippen LogP contribution < -0.4 is 10.6 Å². The number of hydrogen-bond donors (Lipinski definition) is 1. The van der Waals surface area contributed by atoms with Crippen LogP contribution in [0.25, 0.3) is 0 Å². The molecule has 3 rings (SSSR count). The molecule has 0 bridgehead atoms. The normalized spacial score (nSPS) is 17.7. The Hall–Kier alpha value is -2.54. The lowest BCUT2D eigenvalue weighted by Crippen LogP contribution is -2.39. The zero-order valence-corrected chi connectivity index (χ0v) is 13.7. The highest BCUT2D eigenvalue weighted by atomic mass is 16.5. The molecular formula is C17H21N5O2. The Balaban J connectivity index is 1.67. The van der Waals surface area contributed by atoms with Gasteiger partial charge in [0.05, 0.1) is 18.8 Å². The second kappa shape index (κ2) is 7.35. The highest BCUT2D eigenvalue weighted by Gasteiger charge is 2.24. The summed E-state index contributed by atoms with van der Waals surface area (Å²) in [5.74, 6) is 0.611. The smallest absolute Gasteiger partial charge is 0.217 e. The third kappa shape index (κ3) is 4.05. The molecule has 1 aliphatic heterocycles. The van der Waals surface area contributed by atoms with Crippen molar-refractivity contribution in [2.24, 2.45) is 5.73 Å². The number of carbonyl (C=O) groups is 1. The average Bonchev–Trinajstić information content (AvgIpc) is 2.60. The van der Waals surface area contributed by atoms with E-state index in [4.69, 9.17) is 10.5 Å². The molecule has 7 nitrogen and oxygen atoms in total. The monoisotopic (exact) mass is 327 g/mol. The van der Waals surface area contributed by atoms with Gasteiger partial charge in [0.1, 0.15) is 18.2 Å². The summed E-state index contributed by atoms with van der Waals surface area (Å²) in [4.78, 5) is 26.0. The zero-order chi connectivity index (χ0) is 16.9. The minimum absolute atomic E-state index is 0.0980. The number of aromatic nitrogens is 3. The maximum absolute atomic E-state index is 10.8. The molecule has 3 heterocycles. The highest BCUT2D eigenvalue weighted by Crippen LogP contribution is 2.24. The molecule has 0 aliphatic carbocycles. The first kappa shape index (κ1) is 16.3. The maximum atomic E-state index is 10.8. The molecule has 24 heavy (non-hydrogen) atoms. The lowest BCUT2D eigenvalue weighted by Gasteiger charge is -2.33. The molecule has 0 spiro atoms. The second-order valence-electron chi connectivity index (χ2n) is 5.88. The molecule has 1 saturated heterocycles. The van der Waals surface area contributed by atoms with Crippen LogP contribution >= 0.6 is 0 Å². The molecule has 1 amide bonds. The van der Waals surface area contributed by atoms with Crippen LogP contribution in [-0.2, 0) is 16.0 Å². The van der Waals surface area contributed by atoms with Crippen LogP contribution in [0.5, 0.6) is 0 Å². The van der Waals surface area contributed by atoms with E-state index in [1.807, 2.05) is 25.1 Å². The van der Waals surface area contributed by atoms with Gasteiger partial charge in [0.25, 0.3) is 0 Å². The third-order valence-electron chi connectivity index (χ3n) is 4.02. The molecule has 2 aromatic rings. The molecule has 1 atom stereocenters. The summed E-state index contributed by atoms with van der Waals surface area (Å²) >= 11 is 0. The number of anilines is 1. The number of nitrogens with two attached hydrogens (primary N) is 1. The number of morpholine rings is 1. The number of carbonyl (C=O) groups excluding carboxylic acids is 1. The van der Waals surface area contributed by atoms with Crippen molar-refractivity contribution < 1.29 is 9.53 Å². The van der Waals surface area contributed by atoms with Gasteiger partial charge in [-0.2, -0.15) is 0 Å². The Kier molecular flexibility index (Phi) is 5.00. The van der Waals surface area contributed by atoms with Crippen molar-refractivity contribution in [1.29, 1.82) is 0 Å². The van der Waals surface area contributed by atoms with Crippen LogP contribution in [0, 0.1) is 6.92 Å². The summed E-state index contributed by atoms with van der Waals surface area (Å²) in [5, 5.41) is 0. The van der Waals surface area contributed by atoms with Gasteiger partial charge >= 0.3 is 0 Å². The quantitative estimate of drug-likeness (QED) is 0.886. The Morgan fingerprint density at radius 2 is 2.25 bits per heavy atom. The SMILES string of the molecule is Cc1cc(N2CCO[C@H](c3ccc(CCC(N)=O)cn3)C2)ncn1. The molecule has 2 aromatic heterocycles. The number of rotatable bonds is 5. The summed E-state index contributed by atoms with van der Waals surface area (Å²) in [7, 11) is 0. The molecule has 0 aromatic carbocycles. The fraction of sp³-hybridized carbons (Fsp3) is 0.412. The van der Waals surface area contributed by atoms with Gasteiger partial charge in [-0.25, -0.2) is 9.97 Å². The van der Waals surface area contributed by atoms with E-state index in [1.54, 1.807) is 12.5 Å².